The Bertz CT molecular complexity index is 860. The Labute approximate surface area is 157 Å². The van der Waals surface area contributed by atoms with Gasteiger partial charge in [-0.25, -0.2) is 0 Å². The second-order valence-corrected chi connectivity index (χ2v) is 7.10. The number of carbonyl (C=O) groups is 1. The Morgan fingerprint density at radius 1 is 1.07 bits per heavy atom. The summed E-state index contributed by atoms with van der Waals surface area (Å²) in [6.07, 6.45) is 1.07. The molecule has 4 rings (SSSR count). The summed E-state index contributed by atoms with van der Waals surface area (Å²) in [6.45, 7) is 4.51. The Balaban J connectivity index is 1.73. The zero-order chi connectivity index (χ0) is 19.0. The van der Waals surface area contributed by atoms with Crippen molar-refractivity contribution >= 4 is 6.29 Å². The fourth-order valence-corrected chi connectivity index (χ4v) is 3.46. The van der Waals surface area contributed by atoms with Crippen LogP contribution in [0.1, 0.15) is 42.3 Å². The van der Waals surface area contributed by atoms with Crippen LogP contribution in [0.4, 0.5) is 0 Å². The smallest absolute Gasteiger partial charge is 0.231 e. The summed E-state index contributed by atoms with van der Waals surface area (Å²) < 4.78 is 28.8. The van der Waals surface area contributed by atoms with E-state index in [9.17, 15) is 4.79 Å². The minimum atomic E-state index is -0.304. The third-order valence-electron chi connectivity index (χ3n) is 4.72. The molecule has 2 heterocycles. The third kappa shape index (κ3) is 3.27. The predicted octanol–water partition coefficient (Wildman–Crippen LogP) is 4.16. The number of carbonyl (C=O) groups excluding carboxylic acids is 1. The van der Waals surface area contributed by atoms with Gasteiger partial charge in [-0.1, -0.05) is 19.9 Å². The fraction of sp³-hybridized carbons (Fsp3) is 0.381. The fourth-order valence-electron chi connectivity index (χ4n) is 3.46. The molecule has 2 aliphatic rings. The SMILES string of the molecule is COc1cc2c(cc1C=O)O[C@H](CC(C)C)[C@H](c1ccc3c(c1)OCO3)O2. The van der Waals surface area contributed by atoms with Crippen molar-refractivity contribution in [3.8, 4) is 28.7 Å². The summed E-state index contributed by atoms with van der Waals surface area (Å²) >= 11 is 0. The highest BCUT2D eigenvalue weighted by Gasteiger charge is 2.35. The Morgan fingerprint density at radius 2 is 1.85 bits per heavy atom. The van der Waals surface area contributed by atoms with E-state index in [1.54, 1.807) is 12.1 Å². The second kappa shape index (κ2) is 7.02. The highest BCUT2D eigenvalue weighted by molar-refractivity contribution is 5.81. The van der Waals surface area contributed by atoms with Gasteiger partial charge in [-0.3, -0.25) is 4.79 Å². The van der Waals surface area contributed by atoms with Crippen LogP contribution in [0.2, 0.25) is 0 Å². The van der Waals surface area contributed by atoms with Gasteiger partial charge in [0.25, 0.3) is 0 Å². The lowest BCUT2D eigenvalue weighted by atomic mass is 9.95. The highest BCUT2D eigenvalue weighted by Crippen LogP contribution is 2.45. The van der Waals surface area contributed by atoms with Crippen LogP contribution in [0.5, 0.6) is 28.7 Å². The van der Waals surface area contributed by atoms with Crippen LogP contribution in [-0.4, -0.2) is 26.3 Å². The average molecular weight is 370 g/mol. The van der Waals surface area contributed by atoms with Gasteiger partial charge in [0.1, 0.15) is 11.9 Å². The number of hydrogen-bond donors (Lipinski definition) is 0. The van der Waals surface area contributed by atoms with Gasteiger partial charge in [-0.05, 0) is 30.5 Å². The summed E-state index contributed by atoms with van der Waals surface area (Å²) in [5.41, 5.74) is 1.39. The predicted molar refractivity (Wildman–Crippen MR) is 98.2 cm³/mol. The molecule has 6 heteroatoms. The largest absolute Gasteiger partial charge is 0.496 e. The van der Waals surface area contributed by atoms with Crippen molar-refractivity contribution in [1.82, 2.24) is 0 Å². The van der Waals surface area contributed by atoms with Gasteiger partial charge < -0.3 is 23.7 Å². The van der Waals surface area contributed by atoms with E-state index in [1.807, 2.05) is 18.2 Å². The molecule has 27 heavy (non-hydrogen) atoms. The lowest BCUT2D eigenvalue weighted by Gasteiger charge is -2.35. The van der Waals surface area contributed by atoms with Crippen molar-refractivity contribution in [1.29, 1.82) is 0 Å². The van der Waals surface area contributed by atoms with E-state index in [0.717, 1.165) is 24.0 Å². The molecule has 2 atom stereocenters. The molecule has 0 amide bonds. The summed E-state index contributed by atoms with van der Waals surface area (Å²) in [5, 5.41) is 0. The van der Waals surface area contributed by atoms with Crippen molar-refractivity contribution in [2.45, 2.75) is 32.5 Å². The lowest BCUT2D eigenvalue weighted by molar-refractivity contribution is 0.00777. The van der Waals surface area contributed by atoms with Crippen molar-refractivity contribution in [3.63, 3.8) is 0 Å². The van der Waals surface area contributed by atoms with Crippen LogP contribution in [-0.2, 0) is 0 Å². The number of fused-ring (bicyclic) bond motifs is 2. The zero-order valence-electron chi connectivity index (χ0n) is 15.6. The van der Waals surface area contributed by atoms with E-state index >= 15 is 0 Å². The molecule has 2 aliphatic heterocycles. The molecule has 0 saturated heterocycles. The van der Waals surface area contributed by atoms with Gasteiger partial charge in [0.2, 0.25) is 6.79 Å². The van der Waals surface area contributed by atoms with Gasteiger partial charge in [0.05, 0.1) is 12.7 Å². The molecule has 0 aromatic heterocycles. The van der Waals surface area contributed by atoms with E-state index in [2.05, 4.69) is 13.8 Å². The van der Waals surface area contributed by atoms with Gasteiger partial charge in [-0.15, -0.1) is 0 Å². The van der Waals surface area contributed by atoms with Gasteiger partial charge in [0, 0.05) is 11.6 Å². The van der Waals surface area contributed by atoms with Gasteiger partial charge in [0.15, 0.2) is 35.4 Å². The number of aldehydes is 1. The zero-order valence-corrected chi connectivity index (χ0v) is 15.6. The van der Waals surface area contributed by atoms with Crippen molar-refractivity contribution in [3.05, 3.63) is 41.5 Å². The van der Waals surface area contributed by atoms with Crippen LogP contribution in [0, 0.1) is 5.92 Å². The number of benzene rings is 2. The van der Waals surface area contributed by atoms with Crippen LogP contribution < -0.4 is 23.7 Å². The summed E-state index contributed by atoms with van der Waals surface area (Å²) in [6, 6.07) is 9.16. The molecule has 0 aliphatic carbocycles. The summed E-state index contributed by atoms with van der Waals surface area (Å²) in [4.78, 5) is 11.3. The second-order valence-electron chi connectivity index (χ2n) is 7.10. The summed E-state index contributed by atoms with van der Waals surface area (Å²) in [7, 11) is 1.52. The molecule has 0 fully saturated rings. The first kappa shape index (κ1) is 17.5. The lowest BCUT2D eigenvalue weighted by Crippen LogP contribution is -2.34. The third-order valence-corrected chi connectivity index (χ3v) is 4.72. The number of ether oxygens (including phenoxy) is 5. The maximum atomic E-state index is 11.3. The molecule has 6 nitrogen and oxygen atoms in total. The molecule has 0 bridgehead atoms. The van der Waals surface area contributed by atoms with E-state index < -0.39 is 0 Å². The van der Waals surface area contributed by atoms with Gasteiger partial charge >= 0.3 is 0 Å². The van der Waals surface area contributed by atoms with Crippen LogP contribution in [0.25, 0.3) is 0 Å². The maximum absolute atomic E-state index is 11.3. The molecule has 2 aromatic rings. The molecule has 0 spiro atoms. The number of methoxy groups -OCH3 is 1. The average Bonchev–Trinajstić information content (AvgIpc) is 3.13. The number of rotatable bonds is 5. The molecule has 0 saturated carbocycles. The van der Waals surface area contributed by atoms with Crippen molar-refractivity contribution in [2.75, 3.05) is 13.9 Å². The van der Waals surface area contributed by atoms with Crippen molar-refractivity contribution in [2.24, 2.45) is 5.92 Å². The minimum Gasteiger partial charge on any atom is -0.496 e. The first-order chi connectivity index (χ1) is 13.1. The molecule has 0 unspecified atom stereocenters. The monoisotopic (exact) mass is 370 g/mol. The van der Waals surface area contributed by atoms with Crippen LogP contribution in [0.15, 0.2) is 30.3 Å². The maximum Gasteiger partial charge on any atom is 0.231 e. The van der Waals surface area contributed by atoms with Crippen molar-refractivity contribution < 1.29 is 28.5 Å². The van der Waals surface area contributed by atoms with E-state index in [1.165, 1.54) is 7.11 Å². The Kier molecular flexibility index (Phi) is 4.56. The van der Waals surface area contributed by atoms with Crippen LogP contribution in [0.3, 0.4) is 0 Å². The molecule has 0 radical (unpaired) electrons. The molecule has 142 valence electrons. The van der Waals surface area contributed by atoms with E-state index in [4.69, 9.17) is 23.7 Å². The molecular weight excluding hydrogens is 348 g/mol. The highest BCUT2D eigenvalue weighted by atomic mass is 16.7. The topological polar surface area (TPSA) is 63.2 Å². The molecule has 0 N–H and O–H groups in total. The molecule has 2 aromatic carbocycles. The Morgan fingerprint density at radius 3 is 2.59 bits per heavy atom. The van der Waals surface area contributed by atoms with Gasteiger partial charge in [-0.2, -0.15) is 0 Å². The minimum absolute atomic E-state index is 0.189. The Hall–Kier alpha value is -2.89. The van der Waals surface area contributed by atoms with E-state index in [0.29, 0.717) is 34.5 Å². The first-order valence-electron chi connectivity index (χ1n) is 8.99. The quantitative estimate of drug-likeness (QED) is 0.737. The molecular formula is C21H22O6. The summed E-state index contributed by atoms with van der Waals surface area (Å²) in [5.74, 6) is 3.42. The first-order valence-corrected chi connectivity index (χ1v) is 8.99. The normalized spacial score (nSPS) is 19.9. The number of hydrogen-bond acceptors (Lipinski definition) is 6. The van der Waals surface area contributed by atoms with E-state index in [-0.39, 0.29) is 19.0 Å². The standard InChI is InChI=1S/C21H22O6/c1-12(2)6-20-21(13-4-5-15-17(7-13)25-11-24-15)27-19-9-16(23-3)14(10-22)8-18(19)26-20/h4-5,7-10,12,20-21H,6,11H2,1-3H3/t20-,21+/m1/s1. The van der Waals surface area contributed by atoms with Crippen LogP contribution >= 0.6 is 0 Å².